The molecule has 3 rings (SSSR count). The van der Waals surface area contributed by atoms with Gasteiger partial charge in [-0.25, -0.2) is 12.8 Å². The van der Waals surface area contributed by atoms with Crippen molar-refractivity contribution in [3.05, 3.63) is 69.0 Å². The summed E-state index contributed by atoms with van der Waals surface area (Å²) in [4.78, 5) is 26.4. The largest absolute Gasteiger partial charge is 0.339 e. The van der Waals surface area contributed by atoms with Crippen LogP contribution in [-0.2, 0) is 21.4 Å². The van der Waals surface area contributed by atoms with E-state index in [9.17, 15) is 27.7 Å². The molecular weight excluding hydrogens is 463 g/mol. The zero-order chi connectivity index (χ0) is 23.5. The highest BCUT2D eigenvalue weighted by Crippen LogP contribution is 2.23. The summed E-state index contributed by atoms with van der Waals surface area (Å²) < 4.78 is 39.7. The molecule has 1 saturated heterocycles. The Bertz CT molecular complexity index is 1110. The van der Waals surface area contributed by atoms with Gasteiger partial charge in [-0.15, -0.1) is 0 Å². The molecule has 0 radical (unpaired) electrons. The molecule has 0 spiro atoms. The molecule has 0 unspecified atom stereocenters. The van der Waals surface area contributed by atoms with Gasteiger partial charge in [0.1, 0.15) is 5.82 Å². The van der Waals surface area contributed by atoms with E-state index in [1.807, 2.05) is 0 Å². The number of sulfonamides is 1. The maximum atomic E-state index is 13.1. The molecule has 2 aromatic rings. The monoisotopic (exact) mass is 484 g/mol. The van der Waals surface area contributed by atoms with Crippen LogP contribution in [0.25, 0.3) is 0 Å². The fourth-order valence-corrected chi connectivity index (χ4v) is 5.01. The average Bonchev–Trinajstić information content (AvgIpc) is 2.75. The van der Waals surface area contributed by atoms with Gasteiger partial charge in [0.2, 0.25) is 15.9 Å². The third-order valence-corrected chi connectivity index (χ3v) is 7.41. The number of rotatable bonds is 7. The van der Waals surface area contributed by atoms with Crippen molar-refractivity contribution in [1.82, 2.24) is 14.1 Å². The normalized spacial score (nSPS) is 15.2. The molecule has 0 aromatic heterocycles. The molecule has 9 nitrogen and oxygen atoms in total. The second-order valence-corrected chi connectivity index (χ2v) is 9.79. The Kier molecular flexibility index (Phi) is 7.44. The van der Waals surface area contributed by atoms with E-state index in [1.165, 1.54) is 34.6 Å². The van der Waals surface area contributed by atoms with Crippen molar-refractivity contribution in [2.24, 2.45) is 0 Å². The van der Waals surface area contributed by atoms with E-state index in [1.54, 1.807) is 16.8 Å². The molecule has 32 heavy (non-hydrogen) atoms. The van der Waals surface area contributed by atoms with Crippen LogP contribution in [0.5, 0.6) is 0 Å². The Hall–Kier alpha value is -2.60. The third kappa shape index (κ3) is 5.60. The average molecular weight is 485 g/mol. The predicted octanol–water partition coefficient (Wildman–Crippen LogP) is 2.35. The maximum absolute atomic E-state index is 13.1. The summed E-state index contributed by atoms with van der Waals surface area (Å²) in [6.45, 7) is 1.00. The van der Waals surface area contributed by atoms with E-state index in [2.05, 4.69) is 0 Å². The van der Waals surface area contributed by atoms with Crippen LogP contribution < -0.4 is 0 Å². The van der Waals surface area contributed by atoms with Gasteiger partial charge < -0.3 is 4.90 Å². The smallest absolute Gasteiger partial charge is 0.269 e. The number of benzene rings is 2. The maximum Gasteiger partial charge on any atom is 0.269 e. The zero-order valence-corrected chi connectivity index (χ0v) is 18.9. The van der Waals surface area contributed by atoms with Gasteiger partial charge >= 0.3 is 0 Å². The van der Waals surface area contributed by atoms with E-state index < -0.39 is 20.8 Å². The van der Waals surface area contributed by atoms with Crippen LogP contribution in [0.15, 0.2) is 47.4 Å². The van der Waals surface area contributed by atoms with Crippen LogP contribution >= 0.6 is 11.6 Å². The predicted molar refractivity (Wildman–Crippen MR) is 116 cm³/mol. The van der Waals surface area contributed by atoms with Gasteiger partial charge in [0, 0.05) is 49.9 Å². The molecule has 1 aliphatic rings. The Morgan fingerprint density at radius 2 is 1.78 bits per heavy atom. The van der Waals surface area contributed by atoms with E-state index >= 15 is 0 Å². The number of nitro groups is 1. The van der Waals surface area contributed by atoms with Gasteiger partial charge in [-0.2, -0.15) is 4.31 Å². The molecule has 172 valence electrons. The Labute approximate surface area is 190 Å². The molecule has 0 saturated carbocycles. The first kappa shape index (κ1) is 24.1. The molecule has 0 bridgehead atoms. The Morgan fingerprint density at radius 3 is 2.38 bits per heavy atom. The molecular formula is C20H22ClFN4O5S. The minimum Gasteiger partial charge on any atom is -0.339 e. The first-order valence-corrected chi connectivity index (χ1v) is 11.5. The molecule has 1 amide bonds. The van der Waals surface area contributed by atoms with Crippen LogP contribution in [0.4, 0.5) is 10.1 Å². The molecule has 0 aliphatic carbocycles. The van der Waals surface area contributed by atoms with Crippen LogP contribution in [-0.4, -0.2) is 73.1 Å². The standard InChI is InChI=1S/C20H22ClFN4O5S/c1-23(13-15-12-17(26(28)29)4-7-19(15)21)14-20(27)24-8-10-25(11-9-24)32(30,31)18-5-2-16(22)3-6-18/h2-7,12H,8-11,13-14H2,1H3. The molecule has 1 fully saturated rings. The number of carbonyl (C=O) groups is 1. The summed E-state index contributed by atoms with van der Waals surface area (Å²) in [7, 11) is -2.06. The minimum atomic E-state index is -3.76. The Balaban J connectivity index is 1.56. The molecule has 1 aliphatic heterocycles. The van der Waals surface area contributed by atoms with E-state index in [0.29, 0.717) is 10.6 Å². The second-order valence-electron chi connectivity index (χ2n) is 7.44. The highest BCUT2D eigenvalue weighted by atomic mass is 35.5. The second kappa shape index (κ2) is 9.90. The molecule has 0 N–H and O–H groups in total. The van der Waals surface area contributed by atoms with Gasteiger partial charge in [0.25, 0.3) is 5.69 Å². The van der Waals surface area contributed by atoms with Crippen molar-refractivity contribution in [2.75, 3.05) is 39.8 Å². The summed E-state index contributed by atoms with van der Waals surface area (Å²) in [5.74, 6) is -0.706. The molecule has 0 atom stereocenters. The summed E-state index contributed by atoms with van der Waals surface area (Å²) in [6, 6.07) is 8.77. The number of hydrogen-bond donors (Lipinski definition) is 0. The van der Waals surface area contributed by atoms with Crippen molar-refractivity contribution < 1.29 is 22.5 Å². The summed E-state index contributed by atoms with van der Waals surface area (Å²) in [5, 5.41) is 11.3. The van der Waals surface area contributed by atoms with Crippen molar-refractivity contribution in [1.29, 1.82) is 0 Å². The highest BCUT2D eigenvalue weighted by molar-refractivity contribution is 7.89. The number of piperazine rings is 1. The minimum absolute atomic E-state index is 0.00671. The quantitative estimate of drug-likeness (QED) is 0.441. The van der Waals surface area contributed by atoms with Crippen LogP contribution in [0, 0.1) is 15.9 Å². The first-order valence-electron chi connectivity index (χ1n) is 9.73. The van der Waals surface area contributed by atoms with E-state index in [-0.39, 0.29) is 55.8 Å². The number of nitrogens with zero attached hydrogens (tertiary/aromatic N) is 4. The highest BCUT2D eigenvalue weighted by Gasteiger charge is 2.30. The van der Waals surface area contributed by atoms with Gasteiger partial charge in [-0.05, 0) is 42.9 Å². The lowest BCUT2D eigenvalue weighted by atomic mass is 10.2. The number of hydrogen-bond acceptors (Lipinski definition) is 6. The topological polar surface area (TPSA) is 104 Å². The number of likely N-dealkylation sites (N-methyl/N-ethyl adjacent to an activating group) is 1. The van der Waals surface area contributed by atoms with Crippen molar-refractivity contribution in [3.63, 3.8) is 0 Å². The van der Waals surface area contributed by atoms with Gasteiger partial charge in [-0.3, -0.25) is 19.8 Å². The molecule has 2 aromatic carbocycles. The number of amides is 1. The first-order chi connectivity index (χ1) is 15.1. The summed E-state index contributed by atoms with van der Waals surface area (Å²) in [6.07, 6.45) is 0. The zero-order valence-electron chi connectivity index (χ0n) is 17.3. The number of carbonyl (C=O) groups excluding carboxylic acids is 1. The lowest BCUT2D eigenvalue weighted by Crippen LogP contribution is -2.52. The lowest BCUT2D eigenvalue weighted by Gasteiger charge is -2.34. The fraction of sp³-hybridized carbons (Fsp3) is 0.350. The van der Waals surface area contributed by atoms with Crippen LogP contribution in [0.3, 0.4) is 0 Å². The van der Waals surface area contributed by atoms with Gasteiger partial charge in [-0.1, -0.05) is 11.6 Å². The van der Waals surface area contributed by atoms with E-state index in [0.717, 1.165) is 12.1 Å². The van der Waals surface area contributed by atoms with Crippen molar-refractivity contribution in [3.8, 4) is 0 Å². The van der Waals surface area contributed by atoms with Gasteiger partial charge in [0.05, 0.1) is 16.4 Å². The number of non-ortho nitro benzene ring substituents is 1. The lowest BCUT2D eigenvalue weighted by molar-refractivity contribution is -0.384. The summed E-state index contributed by atoms with van der Waals surface area (Å²) >= 11 is 6.12. The third-order valence-electron chi connectivity index (χ3n) is 5.13. The Morgan fingerprint density at radius 1 is 1.16 bits per heavy atom. The van der Waals surface area contributed by atoms with Gasteiger partial charge in [0.15, 0.2) is 0 Å². The van der Waals surface area contributed by atoms with Crippen molar-refractivity contribution >= 4 is 33.2 Å². The number of halogens is 2. The fourth-order valence-electron chi connectivity index (χ4n) is 3.41. The number of nitro benzene ring substituents is 1. The van der Waals surface area contributed by atoms with E-state index in [4.69, 9.17) is 11.6 Å². The molecule has 1 heterocycles. The molecule has 12 heteroatoms. The van der Waals surface area contributed by atoms with Crippen LogP contribution in [0.2, 0.25) is 5.02 Å². The summed E-state index contributed by atoms with van der Waals surface area (Å²) in [5.41, 5.74) is 0.453. The SMILES string of the molecule is CN(CC(=O)N1CCN(S(=O)(=O)c2ccc(F)cc2)CC1)Cc1cc([N+](=O)[O-])ccc1Cl. The van der Waals surface area contributed by atoms with Crippen LogP contribution in [0.1, 0.15) is 5.56 Å². The van der Waals surface area contributed by atoms with Crippen molar-refractivity contribution in [2.45, 2.75) is 11.4 Å².